The van der Waals surface area contributed by atoms with E-state index in [4.69, 9.17) is 4.74 Å². The van der Waals surface area contributed by atoms with Crippen LogP contribution in [0.4, 0.5) is 0 Å². The Balaban J connectivity index is 1.77. The molecule has 0 aliphatic rings. The van der Waals surface area contributed by atoms with Crippen LogP contribution in [0.15, 0.2) is 72.9 Å². The summed E-state index contributed by atoms with van der Waals surface area (Å²) in [5.41, 5.74) is 3.22. The first kappa shape index (κ1) is 13.6. The van der Waals surface area contributed by atoms with Crippen LogP contribution < -0.4 is 4.74 Å². The molecule has 0 bridgehead atoms. The molecule has 3 aromatic carbocycles. The van der Waals surface area contributed by atoms with Gasteiger partial charge in [-0.1, -0.05) is 42.5 Å². The number of H-pyrrole nitrogens is 1. The van der Waals surface area contributed by atoms with Crippen LogP contribution in [0.3, 0.4) is 0 Å². The summed E-state index contributed by atoms with van der Waals surface area (Å²) in [6, 6.07) is 22.6. The van der Waals surface area contributed by atoms with Gasteiger partial charge < -0.3 is 9.72 Å². The molecule has 0 amide bonds. The van der Waals surface area contributed by atoms with Gasteiger partial charge in [0, 0.05) is 11.1 Å². The summed E-state index contributed by atoms with van der Waals surface area (Å²) in [6.45, 7) is 0. The topological polar surface area (TPSA) is 37.9 Å². The monoisotopic (exact) mass is 300 g/mol. The lowest BCUT2D eigenvalue weighted by Crippen LogP contribution is -1.84. The van der Waals surface area contributed by atoms with E-state index < -0.39 is 0 Å². The number of ether oxygens (including phenoxy) is 1. The van der Waals surface area contributed by atoms with E-state index in [2.05, 4.69) is 52.4 Å². The van der Waals surface area contributed by atoms with Crippen molar-refractivity contribution in [1.29, 1.82) is 0 Å². The molecule has 4 aromatic rings. The molecule has 0 spiro atoms. The fourth-order valence-corrected chi connectivity index (χ4v) is 2.81. The maximum Gasteiger partial charge on any atom is 0.137 e. The molecule has 0 saturated heterocycles. The molecule has 3 heteroatoms. The zero-order valence-electron chi connectivity index (χ0n) is 12.8. The van der Waals surface area contributed by atoms with Crippen molar-refractivity contribution in [3.63, 3.8) is 0 Å². The third-order valence-corrected chi connectivity index (χ3v) is 4.02. The molecular formula is C20H16N2O. The van der Waals surface area contributed by atoms with Gasteiger partial charge in [0.05, 0.1) is 19.0 Å². The molecule has 1 heterocycles. The average molecular weight is 300 g/mol. The highest BCUT2D eigenvalue weighted by atomic mass is 16.5. The van der Waals surface area contributed by atoms with Gasteiger partial charge in [-0.2, -0.15) is 0 Å². The minimum Gasteiger partial charge on any atom is -0.497 e. The number of rotatable bonds is 3. The SMILES string of the molecule is COc1ccc(-c2ncc(-c3cccc4ccccc34)[nH]2)cc1. The minimum absolute atomic E-state index is 0.842. The number of hydrogen-bond acceptors (Lipinski definition) is 2. The lowest BCUT2D eigenvalue weighted by molar-refractivity contribution is 0.415. The molecule has 3 nitrogen and oxygen atoms in total. The standard InChI is InChI=1S/C20H16N2O/c1-23-16-11-9-15(10-12-16)20-21-13-19(22-20)18-8-4-6-14-5-2-3-7-17(14)18/h2-13H,1H3,(H,21,22). The summed E-state index contributed by atoms with van der Waals surface area (Å²) in [6.07, 6.45) is 1.89. The fourth-order valence-electron chi connectivity index (χ4n) is 2.81. The van der Waals surface area contributed by atoms with Crippen molar-refractivity contribution in [2.75, 3.05) is 7.11 Å². The van der Waals surface area contributed by atoms with Gasteiger partial charge in [0.1, 0.15) is 11.6 Å². The summed E-state index contributed by atoms with van der Waals surface area (Å²) in [7, 11) is 1.67. The predicted molar refractivity (Wildman–Crippen MR) is 93.5 cm³/mol. The Hall–Kier alpha value is -3.07. The smallest absolute Gasteiger partial charge is 0.137 e. The van der Waals surface area contributed by atoms with E-state index >= 15 is 0 Å². The van der Waals surface area contributed by atoms with Gasteiger partial charge in [-0.25, -0.2) is 4.98 Å². The lowest BCUT2D eigenvalue weighted by atomic mass is 10.0. The number of nitrogens with zero attached hydrogens (tertiary/aromatic N) is 1. The van der Waals surface area contributed by atoms with E-state index in [0.717, 1.165) is 28.4 Å². The number of fused-ring (bicyclic) bond motifs is 1. The van der Waals surface area contributed by atoms with Crippen LogP contribution in [0.1, 0.15) is 0 Å². The van der Waals surface area contributed by atoms with E-state index in [-0.39, 0.29) is 0 Å². The van der Waals surface area contributed by atoms with E-state index in [0.29, 0.717) is 0 Å². The number of hydrogen-bond donors (Lipinski definition) is 1. The second kappa shape index (κ2) is 5.61. The second-order valence-corrected chi connectivity index (χ2v) is 5.40. The summed E-state index contributed by atoms with van der Waals surface area (Å²) in [5.74, 6) is 1.70. The Labute approximate surface area is 134 Å². The molecular weight excluding hydrogens is 284 g/mol. The van der Waals surface area contributed by atoms with E-state index in [1.165, 1.54) is 10.8 Å². The molecule has 0 unspecified atom stereocenters. The van der Waals surface area contributed by atoms with Crippen molar-refractivity contribution in [2.45, 2.75) is 0 Å². The minimum atomic E-state index is 0.842. The molecule has 0 aliphatic heterocycles. The summed E-state index contributed by atoms with van der Waals surface area (Å²) < 4.78 is 5.20. The van der Waals surface area contributed by atoms with Crippen molar-refractivity contribution in [1.82, 2.24) is 9.97 Å². The average Bonchev–Trinajstić information content (AvgIpc) is 3.11. The van der Waals surface area contributed by atoms with Crippen LogP contribution in [-0.2, 0) is 0 Å². The van der Waals surface area contributed by atoms with Gasteiger partial charge in [0.2, 0.25) is 0 Å². The molecule has 0 saturated carbocycles. The first-order valence-electron chi connectivity index (χ1n) is 7.53. The van der Waals surface area contributed by atoms with Gasteiger partial charge in [-0.05, 0) is 35.0 Å². The first-order valence-corrected chi connectivity index (χ1v) is 7.53. The van der Waals surface area contributed by atoms with Crippen molar-refractivity contribution in [2.24, 2.45) is 0 Å². The molecule has 4 rings (SSSR count). The predicted octanol–water partition coefficient (Wildman–Crippen LogP) is 4.91. The van der Waals surface area contributed by atoms with Crippen LogP contribution in [0.5, 0.6) is 5.75 Å². The van der Waals surface area contributed by atoms with Crippen LogP contribution in [0.2, 0.25) is 0 Å². The summed E-state index contributed by atoms with van der Waals surface area (Å²) in [5, 5.41) is 2.45. The third-order valence-electron chi connectivity index (χ3n) is 4.02. The number of aromatic amines is 1. The maximum atomic E-state index is 5.20. The van der Waals surface area contributed by atoms with E-state index in [1.54, 1.807) is 7.11 Å². The van der Waals surface area contributed by atoms with Crippen molar-refractivity contribution in [3.05, 3.63) is 72.9 Å². The van der Waals surface area contributed by atoms with Gasteiger partial charge in [-0.3, -0.25) is 0 Å². The second-order valence-electron chi connectivity index (χ2n) is 5.40. The normalized spacial score (nSPS) is 10.8. The Bertz CT molecular complexity index is 949. The zero-order valence-corrected chi connectivity index (χ0v) is 12.8. The molecule has 0 radical (unpaired) electrons. The molecule has 23 heavy (non-hydrogen) atoms. The number of nitrogens with one attached hydrogen (secondary N) is 1. The molecule has 0 atom stereocenters. The molecule has 1 N–H and O–H groups in total. The number of aromatic nitrogens is 2. The van der Waals surface area contributed by atoms with Crippen molar-refractivity contribution in [3.8, 4) is 28.4 Å². The number of benzene rings is 3. The van der Waals surface area contributed by atoms with E-state index in [9.17, 15) is 0 Å². The Kier molecular flexibility index (Phi) is 3.31. The van der Waals surface area contributed by atoms with Crippen LogP contribution in [0.25, 0.3) is 33.4 Å². The maximum absolute atomic E-state index is 5.20. The summed E-state index contributed by atoms with van der Waals surface area (Å²) >= 11 is 0. The van der Waals surface area contributed by atoms with Crippen LogP contribution in [-0.4, -0.2) is 17.1 Å². The largest absolute Gasteiger partial charge is 0.497 e. The van der Waals surface area contributed by atoms with Gasteiger partial charge in [0.25, 0.3) is 0 Å². The Morgan fingerprint density at radius 2 is 1.65 bits per heavy atom. The van der Waals surface area contributed by atoms with Gasteiger partial charge in [0.15, 0.2) is 0 Å². The zero-order chi connectivity index (χ0) is 15.6. The number of imidazole rings is 1. The van der Waals surface area contributed by atoms with Gasteiger partial charge in [-0.15, -0.1) is 0 Å². The lowest BCUT2D eigenvalue weighted by Gasteiger charge is -2.04. The molecule has 112 valence electrons. The molecule has 0 fully saturated rings. The highest BCUT2D eigenvalue weighted by Crippen LogP contribution is 2.29. The molecule has 0 aliphatic carbocycles. The fraction of sp³-hybridized carbons (Fsp3) is 0.0500. The highest BCUT2D eigenvalue weighted by Gasteiger charge is 2.08. The molecule has 1 aromatic heterocycles. The Morgan fingerprint density at radius 3 is 2.48 bits per heavy atom. The first-order chi connectivity index (χ1) is 11.3. The Morgan fingerprint density at radius 1 is 0.870 bits per heavy atom. The van der Waals surface area contributed by atoms with Crippen molar-refractivity contribution >= 4 is 10.8 Å². The van der Waals surface area contributed by atoms with Crippen LogP contribution in [0, 0.1) is 0 Å². The van der Waals surface area contributed by atoms with Gasteiger partial charge >= 0.3 is 0 Å². The summed E-state index contributed by atoms with van der Waals surface area (Å²) in [4.78, 5) is 7.95. The number of methoxy groups -OCH3 is 1. The van der Waals surface area contributed by atoms with E-state index in [1.807, 2.05) is 30.5 Å². The third kappa shape index (κ3) is 2.46. The van der Waals surface area contributed by atoms with Crippen molar-refractivity contribution < 1.29 is 4.74 Å². The highest BCUT2D eigenvalue weighted by molar-refractivity contribution is 5.95. The van der Waals surface area contributed by atoms with Crippen LogP contribution >= 0.6 is 0 Å². The quantitative estimate of drug-likeness (QED) is 0.584.